The Morgan fingerprint density at radius 3 is 2.58 bits per heavy atom. The first-order chi connectivity index (χ1) is 15.7. The Kier molecular flexibility index (Phi) is 6.64. The Labute approximate surface area is 200 Å². The summed E-state index contributed by atoms with van der Waals surface area (Å²) in [5.74, 6) is -0.187. The molecule has 0 saturated carbocycles. The predicted molar refractivity (Wildman–Crippen MR) is 121 cm³/mol. The summed E-state index contributed by atoms with van der Waals surface area (Å²) in [5, 5.41) is -0.169. The highest BCUT2D eigenvalue weighted by molar-refractivity contribution is 8.00. The van der Waals surface area contributed by atoms with Gasteiger partial charge in [0.15, 0.2) is 0 Å². The van der Waals surface area contributed by atoms with Crippen LogP contribution < -0.4 is 4.72 Å². The van der Waals surface area contributed by atoms with E-state index in [2.05, 4.69) is 14.7 Å². The lowest BCUT2D eigenvalue weighted by Gasteiger charge is -2.13. The van der Waals surface area contributed by atoms with Crippen molar-refractivity contribution in [1.82, 2.24) is 9.97 Å². The maximum Gasteiger partial charge on any atom is 0.417 e. The molecule has 5 nitrogen and oxygen atoms in total. The van der Waals surface area contributed by atoms with E-state index in [1.165, 1.54) is 30.8 Å². The van der Waals surface area contributed by atoms with Crippen LogP contribution in [0.2, 0.25) is 10.0 Å². The lowest BCUT2D eigenvalue weighted by Crippen LogP contribution is -2.09. The van der Waals surface area contributed by atoms with Crippen LogP contribution in [0, 0.1) is 0 Å². The van der Waals surface area contributed by atoms with E-state index in [1.807, 2.05) is 0 Å². The Balaban J connectivity index is 1.66. The third-order valence-electron chi connectivity index (χ3n) is 4.43. The third-order valence-corrected chi connectivity index (χ3v) is 5.77. The van der Waals surface area contributed by atoms with Crippen molar-refractivity contribution in [3.05, 3.63) is 94.1 Å². The number of alkyl halides is 3. The summed E-state index contributed by atoms with van der Waals surface area (Å²) in [6, 6.07) is 11.7. The van der Waals surface area contributed by atoms with E-state index >= 15 is 0 Å². The van der Waals surface area contributed by atoms with Gasteiger partial charge in [-0.1, -0.05) is 41.4 Å². The minimum atomic E-state index is -4.60. The largest absolute Gasteiger partial charge is 0.445 e. The standard InChI is InChI=1S/C22H12Cl2F3N3O2S/c23-12-9-18(30-33-13-5-6-17(24)16(10-13)22(25,26)27)19(29-11-12)20(31)14-3-1-2-4-15(14)21-28-7-8-32-21/h1-11,30H. The Bertz CT molecular complexity index is 1310. The van der Waals surface area contributed by atoms with Gasteiger partial charge in [0.05, 0.1) is 27.5 Å². The second kappa shape index (κ2) is 9.46. The molecule has 0 aliphatic rings. The number of carbonyl (C=O) groups excluding carboxylic acids is 1. The van der Waals surface area contributed by atoms with Crippen molar-refractivity contribution in [3.63, 3.8) is 0 Å². The molecule has 4 aromatic rings. The van der Waals surface area contributed by atoms with Crippen LogP contribution in [0.1, 0.15) is 21.6 Å². The number of anilines is 1. The topological polar surface area (TPSA) is 68.0 Å². The van der Waals surface area contributed by atoms with E-state index in [0.29, 0.717) is 5.56 Å². The van der Waals surface area contributed by atoms with Gasteiger partial charge in [0.2, 0.25) is 11.7 Å². The van der Waals surface area contributed by atoms with Gasteiger partial charge in [-0.25, -0.2) is 9.97 Å². The van der Waals surface area contributed by atoms with Gasteiger partial charge in [0, 0.05) is 22.2 Å². The van der Waals surface area contributed by atoms with E-state index in [0.717, 1.165) is 24.1 Å². The van der Waals surface area contributed by atoms with Gasteiger partial charge in [-0.3, -0.25) is 4.79 Å². The number of nitrogens with zero attached hydrogens (tertiary/aromatic N) is 2. The molecular formula is C22H12Cl2F3N3O2S. The first-order valence-corrected chi connectivity index (χ1v) is 10.8. The molecule has 0 radical (unpaired) electrons. The van der Waals surface area contributed by atoms with Crippen molar-refractivity contribution in [2.24, 2.45) is 0 Å². The maximum absolute atomic E-state index is 13.3. The number of oxazole rings is 1. The molecule has 0 fully saturated rings. The molecule has 0 aliphatic heterocycles. The number of rotatable bonds is 6. The zero-order chi connectivity index (χ0) is 23.6. The minimum Gasteiger partial charge on any atom is -0.445 e. The zero-order valence-electron chi connectivity index (χ0n) is 16.4. The summed E-state index contributed by atoms with van der Waals surface area (Å²) < 4.78 is 47.7. The number of hydrogen-bond acceptors (Lipinski definition) is 6. The van der Waals surface area contributed by atoms with Crippen LogP contribution in [0.3, 0.4) is 0 Å². The number of ketones is 1. The van der Waals surface area contributed by atoms with Crippen molar-refractivity contribution >= 4 is 46.6 Å². The van der Waals surface area contributed by atoms with Gasteiger partial charge in [-0.15, -0.1) is 0 Å². The number of benzene rings is 2. The van der Waals surface area contributed by atoms with Crippen molar-refractivity contribution < 1.29 is 22.4 Å². The Hall–Kier alpha value is -3.01. The molecule has 4 rings (SSSR count). The number of pyridine rings is 1. The van der Waals surface area contributed by atoms with Crippen LogP contribution in [0.4, 0.5) is 18.9 Å². The van der Waals surface area contributed by atoms with Gasteiger partial charge in [0.1, 0.15) is 12.0 Å². The van der Waals surface area contributed by atoms with Crippen molar-refractivity contribution in [1.29, 1.82) is 0 Å². The smallest absolute Gasteiger partial charge is 0.417 e. The van der Waals surface area contributed by atoms with Crippen LogP contribution in [0.25, 0.3) is 11.5 Å². The van der Waals surface area contributed by atoms with Crippen LogP contribution in [-0.2, 0) is 6.18 Å². The molecule has 0 bridgehead atoms. The van der Waals surface area contributed by atoms with Crippen LogP contribution >= 0.6 is 35.1 Å². The van der Waals surface area contributed by atoms with E-state index in [1.54, 1.807) is 24.3 Å². The fourth-order valence-corrected chi connectivity index (χ4v) is 4.03. The van der Waals surface area contributed by atoms with Crippen LogP contribution in [0.5, 0.6) is 0 Å². The van der Waals surface area contributed by atoms with Crippen LogP contribution in [0.15, 0.2) is 76.5 Å². The number of carbonyl (C=O) groups is 1. The minimum absolute atomic E-state index is 0.0240. The first-order valence-electron chi connectivity index (χ1n) is 9.23. The molecule has 33 heavy (non-hydrogen) atoms. The van der Waals surface area contributed by atoms with Crippen molar-refractivity contribution in [2.45, 2.75) is 11.1 Å². The summed E-state index contributed by atoms with van der Waals surface area (Å²) in [7, 11) is 0. The highest BCUT2D eigenvalue weighted by Gasteiger charge is 2.33. The lowest BCUT2D eigenvalue weighted by molar-refractivity contribution is -0.137. The molecule has 168 valence electrons. The molecule has 0 aliphatic carbocycles. The molecule has 2 aromatic carbocycles. The monoisotopic (exact) mass is 509 g/mol. The second-order valence-electron chi connectivity index (χ2n) is 6.61. The lowest BCUT2D eigenvalue weighted by atomic mass is 10.0. The third kappa shape index (κ3) is 5.16. The summed E-state index contributed by atoms with van der Waals surface area (Å²) in [4.78, 5) is 21.8. The summed E-state index contributed by atoms with van der Waals surface area (Å²) in [5.41, 5.74) is 0.0412. The second-order valence-corrected chi connectivity index (χ2v) is 8.33. The summed E-state index contributed by atoms with van der Waals surface area (Å²) >= 11 is 12.6. The van der Waals surface area contributed by atoms with Gasteiger partial charge < -0.3 is 9.14 Å². The van der Waals surface area contributed by atoms with Crippen LogP contribution in [-0.4, -0.2) is 15.8 Å². The number of hydrogen-bond donors (Lipinski definition) is 1. The molecule has 0 unspecified atom stereocenters. The molecular weight excluding hydrogens is 498 g/mol. The zero-order valence-corrected chi connectivity index (χ0v) is 18.7. The average molecular weight is 510 g/mol. The molecule has 0 amide bonds. The van der Waals surface area contributed by atoms with Gasteiger partial charge in [-0.05, 0) is 42.3 Å². The fourth-order valence-electron chi connectivity index (χ4n) is 2.95. The number of nitrogens with one attached hydrogen (secondary N) is 1. The SMILES string of the molecule is O=C(c1ccccc1-c1ncco1)c1ncc(Cl)cc1NSc1ccc(Cl)c(C(F)(F)F)c1. The van der Waals surface area contributed by atoms with E-state index in [9.17, 15) is 18.0 Å². The van der Waals surface area contributed by atoms with Gasteiger partial charge >= 0.3 is 6.18 Å². The molecule has 0 spiro atoms. The fraction of sp³-hybridized carbons (Fsp3) is 0.0455. The molecule has 2 aromatic heterocycles. The molecule has 2 heterocycles. The summed E-state index contributed by atoms with van der Waals surface area (Å²) in [6.07, 6.45) is -0.442. The quantitative estimate of drug-likeness (QED) is 0.215. The van der Waals surface area contributed by atoms with E-state index in [-0.39, 0.29) is 32.8 Å². The highest BCUT2D eigenvalue weighted by atomic mass is 35.5. The van der Waals surface area contributed by atoms with E-state index in [4.69, 9.17) is 27.6 Å². The summed E-state index contributed by atoms with van der Waals surface area (Å²) in [6.45, 7) is 0. The molecule has 1 N–H and O–H groups in total. The van der Waals surface area contributed by atoms with Crippen molar-refractivity contribution in [3.8, 4) is 11.5 Å². The predicted octanol–water partition coefficient (Wildman–Crippen LogP) is 7.41. The molecule has 0 atom stereocenters. The maximum atomic E-state index is 13.3. The van der Waals surface area contributed by atoms with Gasteiger partial charge in [-0.2, -0.15) is 13.2 Å². The average Bonchev–Trinajstić information content (AvgIpc) is 3.32. The Morgan fingerprint density at radius 1 is 1.06 bits per heavy atom. The number of aromatic nitrogens is 2. The highest BCUT2D eigenvalue weighted by Crippen LogP contribution is 2.37. The number of halogens is 5. The van der Waals surface area contributed by atoms with Crippen molar-refractivity contribution in [2.75, 3.05) is 4.72 Å². The van der Waals surface area contributed by atoms with Gasteiger partial charge in [0.25, 0.3) is 0 Å². The Morgan fingerprint density at radius 2 is 1.85 bits per heavy atom. The van der Waals surface area contributed by atoms with E-state index < -0.39 is 22.5 Å². The molecule has 11 heteroatoms. The normalized spacial score (nSPS) is 11.4. The first kappa shape index (κ1) is 23.2. The molecule has 0 saturated heterocycles.